The second-order valence-corrected chi connectivity index (χ2v) is 14.0. The number of benzene rings is 3. The molecule has 47 heavy (non-hydrogen) atoms. The van der Waals surface area contributed by atoms with Crippen LogP contribution in [0.5, 0.6) is 0 Å². The largest absolute Gasteiger partial charge is 0.341 e. The molecule has 7 heteroatoms. The van der Waals surface area contributed by atoms with Crippen LogP contribution in [0.3, 0.4) is 0 Å². The van der Waals surface area contributed by atoms with Crippen molar-refractivity contribution in [2.45, 2.75) is 83.8 Å². The Morgan fingerprint density at radius 2 is 1.45 bits per heavy atom. The second kappa shape index (κ2) is 15.7. The van der Waals surface area contributed by atoms with Gasteiger partial charge < -0.3 is 21.3 Å². The van der Waals surface area contributed by atoms with Crippen LogP contribution in [0.25, 0.3) is 11.1 Å². The number of hydrogen-bond donors (Lipinski definition) is 2. The van der Waals surface area contributed by atoms with Crippen LogP contribution in [-0.4, -0.2) is 65.2 Å². The fraction of sp³-hybridized carbons (Fsp3) is 0.425. The van der Waals surface area contributed by atoms with Gasteiger partial charge in [0.05, 0.1) is 6.04 Å². The molecule has 1 aliphatic heterocycles. The van der Waals surface area contributed by atoms with E-state index in [-0.39, 0.29) is 17.6 Å². The number of carbonyl (C=O) groups excluding carboxylic acids is 3. The van der Waals surface area contributed by atoms with Crippen molar-refractivity contribution in [1.82, 2.24) is 9.80 Å². The highest BCUT2D eigenvalue weighted by Gasteiger charge is 2.44. The van der Waals surface area contributed by atoms with E-state index in [0.29, 0.717) is 51.6 Å². The van der Waals surface area contributed by atoms with Crippen LogP contribution in [0.15, 0.2) is 96.6 Å². The van der Waals surface area contributed by atoms with E-state index in [1.54, 1.807) is 18.0 Å². The average Bonchev–Trinajstić information content (AvgIpc) is 3.06. The van der Waals surface area contributed by atoms with E-state index in [1.165, 1.54) is 0 Å². The number of likely N-dealkylation sites (N-methyl/N-ethyl adjacent to an activating group) is 1. The molecule has 1 saturated heterocycles. The van der Waals surface area contributed by atoms with Gasteiger partial charge in [-0.1, -0.05) is 97.4 Å². The fourth-order valence-corrected chi connectivity index (χ4v) is 6.75. The summed E-state index contributed by atoms with van der Waals surface area (Å²) in [6, 6.07) is 27.1. The molecule has 0 unspecified atom stereocenters. The molecule has 1 fully saturated rings. The first-order valence-corrected chi connectivity index (χ1v) is 16.8. The lowest BCUT2D eigenvalue weighted by molar-refractivity contribution is -0.146. The maximum Gasteiger partial charge on any atom is 0.246 e. The predicted molar refractivity (Wildman–Crippen MR) is 190 cm³/mol. The molecule has 3 aromatic rings. The van der Waals surface area contributed by atoms with Gasteiger partial charge >= 0.3 is 0 Å². The number of nitrogens with zero attached hydrogens (tertiary/aromatic N) is 2. The Morgan fingerprint density at radius 3 is 2.00 bits per heavy atom. The maximum atomic E-state index is 14.4. The molecule has 4 rings (SSSR count). The van der Waals surface area contributed by atoms with Gasteiger partial charge in [-0.25, -0.2) is 0 Å². The predicted octanol–water partition coefficient (Wildman–Crippen LogP) is 5.95. The lowest BCUT2D eigenvalue weighted by Crippen LogP contribution is -2.56. The van der Waals surface area contributed by atoms with Gasteiger partial charge in [0, 0.05) is 43.6 Å². The Hall–Kier alpha value is -4.07. The summed E-state index contributed by atoms with van der Waals surface area (Å²) in [4.78, 5) is 45.1. The minimum Gasteiger partial charge on any atom is -0.341 e. The summed E-state index contributed by atoms with van der Waals surface area (Å²) < 4.78 is 0. The van der Waals surface area contributed by atoms with E-state index in [4.69, 9.17) is 11.5 Å². The second-order valence-electron chi connectivity index (χ2n) is 14.0. The molecule has 4 N–H and O–H groups in total. The summed E-state index contributed by atoms with van der Waals surface area (Å²) in [5, 5.41) is 0. The van der Waals surface area contributed by atoms with Crippen molar-refractivity contribution in [3.05, 3.63) is 108 Å². The zero-order chi connectivity index (χ0) is 34.2. The van der Waals surface area contributed by atoms with Gasteiger partial charge in [-0.3, -0.25) is 14.4 Å². The summed E-state index contributed by atoms with van der Waals surface area (Å²) in [5.74, 6) is -0.272. The molecule has 0 radical (unpaired) electrons. The van der Waals surface area contributed by atoms with E-state index in [9.17, 15) is 14.4 Å². The number of Topliss-reactive ketones (excluding diaryl/α,β-unsaturated/α-hetero) is 1. The van der Waals surface area contributed by atoms with Gasteiger partial charge in [-0.15, -0.1) is 0 Å². The van der Waals surface area contributed by atoms with Crippen molar-refractivity contribution >= 4 is 17.6 Å². The zero-order valence-electron chi connectivity index (χ0n) is 28.7. The number of piperidine rings is 1. The molecule has 250 valence electrons. The van der Waals surface area contributed by atoms with Crippen molar-refractivity contribution in [1.29, 1.82) is 0 Å². The van der Waals surface area contributed by atoms with Crippen LogP contribution < -0.4 is 11.5 Å². The highest BCUT2D eigenvalue weighted by atomic mass is 16.2. The summed E-state index contributed by atoms with van der Waals surface area (Å²) >= 11 is 0. The topological polar surface area (TPSA) is 110 Å². The normalized spacial score (nSPS) is 16.3. The lowest BCUT2D eigenvalue weighted by atomic mass is 9.68. The Balaban J connectivity index is 1.58. The molecule has 7 nitrogen and oxygen atoms in total. The third-order valence-corrected chi connectivity index (χ3v) is 9.41. The first-order chi connectivity index (χ1) is 22.3. The van der Waals surface area contributed by atoms with E-state index in [1.807, 2.05) is 93.3 Å². The van der Waals surface area contributed by atoms with Crippen LogP contribution in [0.4, 0.5) is 0 Å². The van der Waals surface area contributed by atoms with Gasteiger partial charge in [0.25, 0.3) is 0 Å². The highest BCUT2D eigenvalue weighted by Crippen LogP contribution is 2.38. The molecule has 0 aliphatic carbocycles. The van der Waals surface area contributed by atoms with Gasteiger partial charge in [-0.2, -0.15) is 0 Å². The first-order valence-electron chi connectivity index (χ1n) is 16.8. The van der Waals surface area contributed by atoms with E-state index >= 15 is 0 Å². The number of likely N-dealkylation sites (tertiary alicyclic amines) is 1. The number of hydrogen-bond acceptors (Lipinski definition) is 5. The van der Waals surface area contributed by atoms with E-state index < -0.39 is 23.0 Å². The van der Waals surface area contributed by atoms with E-state index in [0.717, 1.165) is 27.8 Å². The van der Waals surface area contributed by atoms with Crippen LogP contribution in [-0.2, 0) is 27.2 Å². The van der Waals surface area contributed by atoms with Crippen molar-refractivity contribution in [2.75, 3.05) is 20.1 Å². The first kappa shape index (κ1) is 35.8. The minimum atomic E-state index is -0.713. The summed E-state index contributed by atoms with van der Waals surface area (Å²) in [6.07, 6.45) is 4.76. The Bertz CT molecular complexity index is 1520. The number of rotatable bonds is 13. The van der Waals surface area contributed by atoms with Crippen molar-refractivity contribution < 1.29 is 14.4 Å². The smallest absolute Gasteiger partial charge is 0.246 e. The number of ketones is 1. The summed E-state index contributed by atoms with van der Waals surface area (Å²) in [7, 11) is 1.70. The molecular formula is C40H52N4O3. The number of amides is 2. The van der Waals surface area contributed by atoms with Crippen molar-refractivity contribution in [2.24, 2.45) is 16.9 Å². The molecule has 0 saturated carbocycles. The molecule has 1 heterocycles. The van der Waals surface area contributed by atoms with Crippen molar-refractivity contribution in [3.8, 4) is 11.1 Å². The Morgan fingerprint density at radius 1 is 0.894 bits per heavy atom. The third kappa shape index (κ3) is 9.49. The molecule has 3 aromatic carbocycles. The molecule has 0 aromatic heterocycles. The van der Waals surface area contributed by atoms with Gasteiger partial charge in [0.2, 0.25) is 11.8 Å². The van der Waals surface area contributed by atoms with Crippen LogP contribution >= 0.6 is 0 Å². The molecular weight excluding hydrogens is 584 g/mol. The molecule has 2 amide bonds. The van der Waals surface area contributed by atoms with E-state index in [2.05, 4.69) is 24.3 Å². The fourth-order valence-electron chi connectivity index (χ4n) is 6.75. The summed E-state index contributed by atoms with van der Waals surface area (Å²) in [6.45, 7) is 8.54. The number of carbonyl (C=O) groups is 3. The Kier molecular flexibility index (Phi) is 11.9. The monoisotopic (exact) mass is 636 g/mol. The van der Waals surface area contributed by atoms with Gasteiger partial charge in [-0.05, 0) is 75.1 Å². The SMILES string of the molecule is CC[C@H](N)C(=O)C1(Cc2ccccc2)CCN(C(=O)[C@@H](Cc2ccc(-c3ccccc3)cc2)N(C)C(=O)/C=C(\C)CC(C)(C)N)CC1. The highest BCUT2D eigenvalue weighted by molar-refractivity contribution is 5.94. The standard InChI is InChI=1S/C40H52N4O3/c1-6-34(41)37(46)40(28-31-13-9-7-10-14-31)21-23-44(24-22-40)38(47)35(43(5)36(45)25-29(2)27-39(3,4)42)26-30-17-19-33(20-18-30)32-15-11-8-12-16-32/h7-20,25,34-35H,6,21-24,26-28,41-42H2,1-5H3/b29-25+/t34-,35+/m0/s1. The maximum absolute atomic E-state index is 14.4. The Labute approximate surface area is 281 Å². The average molecular weight is 637 g/mol. The molecule has 0 bridgehead atoms. The third-order valence-electron chi connectivity index (χ3n) is 9.41. The van der Waals surface area contributed by atoms with Crippen LogP contribution in [0, 0.1) is 5.41 Å². The minimum absolute atomic E-state index is 0.0711. The van der Waals surface area contributed by atoms with Gasteiger partial charge in [0.1, 0.15) is 6.04 Å². The zero-order valence-corrected chi connectivity index (χ0v) is 28.7. The number of nitrogens with two attached hydrogens (primary N) is 2. The molecule has 0 spiro atoms. The quantitative estimate of drug-likeness (QED) is 0.225. The van der Waals surface area contributed by atoms with Gasteiger partial charge in [0.15, 0.2) is 5.78 Å². The summed E-state index contributed by atoms with van der Waals surface area (Å²) in [5.41, 5.74) is 16.6. The van der Waals surface area contributed by atoms with Crippen LogP contribution in [0.1, 0.15) is 64.5 Å². The molecule has 2 atom stereocenters. The lowest BCUT2D eigenvalue weighted by Gasteiger charge is -2.43. The molecule has 1 aliphatic rings. The van der Waals surface area contributed by atoms with Crippen LogP contribution in [0.2, 0.25) is 0 Å². The van der Waals surface area contributed by atoms with Crippen molar-refractivity contribution in [3.63, 3.8) is 0 Å².